The van der Waals surface area contributed by atoms with Gasteiger partial charge >= 0.3 is 0 Å². The number of ether oxygens (including phenoxy) is 2. The van der Waals surface area contributed by atoms with Crippen molar-refractivity contribution < 1.29 is 14.3 Å². The van der Waals surface area contributed by atoms with E-state index in [1.165, 1.54) is 0 Å². The number of carbonyl (C=O) groups is 1. The Morgan fingerprint density at radius 1 is 1.23 bits per heavy atom. The SMILES string of the molecule is CCOc1ccc(OCCNC(=O)Cn2cc(C)cn2)cc1. The quantitative estimate of drug-likeness (QED) is 0.755. The van der Waals surface area contributed by atoms with Gasteiger partial charge in [-0.25, -0.2) is 0 Å². The van der Waals surface area contributed by atoms with Crippen molar-refractivity contribution in [2.45, 2.75) is 20.4 Å². The molecule has 6 nitrogen and oxygen atoms in total. The van der Waals surface area contributed by atoms with Crippen LogP contribution in [0.15, 0.2) is 36.7 Å². The van der Waals surface area contributed by atoms with Crippen molar-refractivity contribution in [2.24, 2.45) is 0 Å². The molecular formula is C16H21N3O3. The Bertz CT molecular complexity index is 593. The normalized spacial score (nSPS) is 10.3. The smallest absolute Gasteiger partial charge is 0.241 e. The van der Waals surface area contributed by atoms with Crippen molar-refractivity contribution in [3.8, 4) is 11.5 Å². The highest BCUT2D eigenvalue weighted by Crippen LogP contribution is 2.17. The predicted molar refractivity (Wildman–Crippen MR) is 83.1 cm³/mol. The first kappa shape index (κ1) is 15.9. The molecule has 2 aromatic rings. The largest absolute Gasteiger partial charge is 0.494 e. The van der Waals surface area contributed by atoms with Crippen LogP contribution < -0.4 is 14.8 Å². The maximum Gasteiger partial charge on any atom is 0.241 e. The third-order valence-corrected chi connectivity index (χ3v) is 2.90. The summed E-state index contributed by atoms with van der Waals surface area (Å²) in [5, 5.41) is 6.86. The van der Waals surface area contributed by atoms with Crippen molar-refractivity contribution in [3.05, 3.63) is 42.2 Å². The fourth-order valence-corrected chi connectivity index (χ4v) is 1.91. The molecule has 0 spiro atoms. The van der Waals surface area contributed by atoms with E-state index in [9.17, 15) is 4.79 Å². The number of aromatic nitrogens is 2. The minimum absolute atomic E-state index is 0.0848. The van der Waals surface area contributed by atoms with E-state index >= 15 is 0 Å². The van der Waals surface area contributed by atoms with E-state index in [2.05, 4.69) is 10.4 Å². The van der Waals surface area contributed by atoms with E-state index in [0.717, 1.165) is 17.1 Å². The van der Waals surface area contributed by atoms with Crippen LogP contribution in [0, 0.1) is 6.92 Å². The highest BCUT2D eigenvalue weighted by Gasteiger charge is 2.03. The van der Waals surface area contributed by atoms with Crippen LogP contribution in [0.5, 0.6) is 11.5 Å². The van der Waals surface area contributed by atoms with Gasteiger partial charge in [-0.3, -0.25) is 9.48 Å². The molecule has 6 heteroatoms. The minimum Gasteiger partial charge on any atom is -0.494 e. The second kappa shape index (κ2) is 8.07. The van der Waals surface area contributed by atoms with Crippen LogP contribution in [0.3, 0.4) is 0 Å². The number of carbonyl (C=O) groups excluding carboxylic acids is 1. The van der Waals surface area contributed by atoms with Crippen LogP contribution in [0.1, 0.15) is 12.5 Å². The van der Waals surface area contributed by atoms with Gasteiger partial charge in [0, 0.05) is 6.20 Å². The Balaban J connectivity index is 1.65. The predicted octanol–water partition coefficient (Wildman–Crippen LogP) is 1.79. The summed E-state index contributed by atoms with van der Waals surface area (Å²) in [5.41, 5.74) is 1.03. The third-order valence-electron chi connectivity index (χ3n) is 2.90. The molecule has 0 radical (unpaired) electrons. The molecule has 0 atom stereocenters. The van der Waals surface area contributed by atoms with Crippen molar-refractivity contribution in [1.29, 1.82) is 0 Å². The number of hydrogen-bond donors (Lipinski definition) is 1. The van der Waals surface area contributed by atoms with E-state index in [4.69, 9.17) is 9.47 Å². The van der Waals surface area contributed by atoms with Crippen molar-refractivity contribution >= 4 is 5.91 Å². The molecule has 1 amide bonds. The standard InChI is InChI=1S/C16H21N3O3/c1-3-21-14-4-6-15(7-5-14)22-9-8-17-16(20)12-19-11-13(2)10-18-19/h4-7,10-11H,3,8-9,12H2,1-2H3,(H,17,20). The lowest BCUT2D eigenvalue weighted by Crippen LogP contribution is -2.31. The maximum absolute atomic E-state index is 11.7. The molecule has 0 saturated carbocycles. The molecule has 0 aliphatic carbocycles. The van der Waals surface area contributed by atoms with E-state index in [-0.39, 0.29) is 12.5 Å². The van der Waals surface area contributed by atoms with Crippen molar-refractivity contribution in [2.75, 3.05) is 19.8 Å². The average Bonchev–Trinajstić information content (AvgIpc) is 2.91. The molecule has 0 fully saturated rings. The lowest BCUT2D eigenvalue weighted by molar-refractivity contribution is -0.121. The summed E-state index contributed by atoms with van der Waals surface area (Å²) in [6.07, 6.45) is 3.55. The number of aryl methyl sites for hydroxylation is 1. The van der Waals surface area contributed by atoms with Crippen LogP contribution in [-0.4, -0.2) is 35.4 Å². The summed E-state index contributed by atoms with van der Waals surface area (Å²) in [4.78, 5) is 11.7. The van der Waals surface area contributed by atoms with Crippen molar-refractivity contribution in [1.82, 2.24) is 15.1 Å². The van der Waals surface area contributed by atoms with Gasteiger partial charge in [-0.15, -0.1) is 0 Å². The molecule has 1 N–H and O–H groups in total. The van der Waals surface area contributed by atoms with E-state index in [0.29, 0.717) is 19.8 Å². The zero-order chi connectivity index (χ0) is 15.8. The summed E-state index contributed by atoms with van der Waals surface area (Å²) in [5.74, 6) is 1.48. The van der Waals surface area contributed by atoms with Gasteiger partial charge in [0.25, 0.3) is 0 Å². The van der Waals surface area contributed by atoms with Crippen LogP contribution in [0.4, 0.5) is 0 Å². The zero-order valence-electron chi connectivity index (χ0n) is 12.9. The van der Waals surface area contributed by atoms with Gasteiger partial charge in [0.15, 0.2) is 0 Å². The summed E-state index contributed by atoms with van der Waals surface area (Å²) in [6, 6.07) is 7.41. The van der Waals surface area contributed by atoms with Gasteiger partial charge in [-0.05, 0) is 43.7 Å². The average molecular weight is 303 g/mol. The summed E-state index contributed by atoms with van der Waals surface area (Å²) < 4.78 is 12.5. The number of nitrogens with one attached hydrogen (secondary N) is 1. The van der Waals surface area contributed by atoms with Crippen LogP contribution in [0.2, 0.25) is 0 Å². The topological polar surface area (TPSA) is 65.4 Å². The first-order valence-corrected chi connectivity index (χ1v) is 7.29. The Morgan fingerprint density at radius 3 is 2.50 bits per heavy atom. The van der Waals surface area contributed by atoms with Gasteiger partial charge < -0.3 is 14.8 Å². The minimum atomic E-state index is -0.0848. The Hall–Kier alpha value is -2.50. The molecule has 1 aromatic carbocycles. The Labute approximate surface area is 130 Å². The highest BCUT2D eigenvalue weighted by molar-refractivity contribution is 5.75. The molecule has 118 valence electrons. The van der Waals surface area contributed by atoms with E-state index in [1.54, 1.807) is 10.9 Å². The summed E-state index contributed by atoms with van der Waals surface area (Å²) in [7, 11) is 0. The van der Waals surface area contributed by atoms with Crippen molar-refractivity contribution in [3.63, 3.8) is 0 Å². The molecule has 1 aromatic heterocycles. The van der Waals surface area contributed by atoms with Gasteiger partial charge in [-0.1, -0.05) is 0 Å². The second-order valence-corrected chi connectivity index (χ2v) is 4.82. The van der Waals surface area contributed by atoms with Crippen LogP contribution >= 0.6 is 0 Å². The van der Waals surface area contributed by atoms with E-state index < -0.39 is 0 Å². The van der Waals surface area contributed by atoms with E-state index in [1.807, 2.05) is 44.3 Å². The zero-order valence-corrected chi connectivity index (χ0v) is 12.9. The van der Waals surface area contributed by atoms with Gasteiger partial charge in [-0.2, -0.15) is 5.10 Å². The van der Waals surface area contributed by atoms with Gasteiger partial charge in [0.2, 0.25) is 5.91 Å². The maximum atomic E-state index is 11.7. The number of hydrogen-bond acceptors (Lipinski definition) is 4. The summed E-state index contributed by atoms with van der Waals surface area (Å²) >= 11 is 0. The Morgan fingerprint density at radius 2 is 1.91 bits per heavy atom. The lowest BCUT2D eigenvalue weighted by Gasteiger charge is -2.09. The lowest BCUT2D eigenvalue weighted by atomic mass is 10.3. The molecule has 0 aliphatic rings. The molecular weight excluding hydrogens is 282 g/mol. The first-order chi connectivity index (χ1) is 10.7. The fourth-order valence-electron chi connectivity index (χ4n) is 1.91. The number of rotatable bonds is 8. The number of benzene rings is 1. The third kappa shape index (κ3) is 5.12. The molecule has 0 unspecified atom stereocenters. The van der Waals surface area contributed by atoms with Crippen LogP contribution in [-0.2, 0) is 11.3 Å². The summed E-state index contributed by atoms with van der Waals surface area (Å²) in [6.45, 7) is 5.60. The number of amides is 1. The number of nitrogens with zero attached hydrogens (tertiary/aromatic N) is 2. The molecule has 2 rings (SSSR count). The molecule has 1 heterocycles. The molecule has 0 bridgehead atoms. The monoisotopic (exact) mass is 303 g/mol. The fraction of sp³-hybridized carbons (Fsp3) is 0.375. The molecule has 0 saturated heterocycles. The molecule has 0 aliphatic heterocycles. The van der Waals surface area contributed by atoms with Gasteiger partial charge in [0.1, 0.15) is 24.7 Å². The first-order valence-electron chi connectivity index (χ1n) is 7.29. The highest BCUT2D eigenvalue weighted by atomic mass is 16.5. The Kier molecular flexibility index (Phi) is 5.82. The molecule has 22 heavy (non-hydrogen) atoms. The van der Waals surface area contributed by atoms with Gasteiger partial charge in [0.05, 0.1) is 19.3 Å². The second-order valence-electron chi connectivity index (χ2n) is 4.82. The van der Waals surface area contributed by atoms with Crippen LogP contribution in [0.25, 0.3) is 0 Å².